The first kappa shape index (κ1) is 14.0. The van der Waals surface area contributed by atoms with Crippen LogP contribution in [0.2, 0.25) is 20.1 Å². The first-order valence-corrected chi connectivity index (χ1v) is 6.58. The lowest BCUT2D eigenvalue weighted by molar-refractivity contribution is 0.282. The van der Waals surface area contributed by atoms with Gasteiger partial charge in [-0.3, -0.25) is 0 Å². The molecule has 0 atom stereocenters. The molecule has 0 radical (unpaired) electrons. The molecule has 0 aromatic heterocycles. The number of benzene rings is 2. The molecule has 2 aromatic carbocycles. The second kappa shape index (κ2) is 5.68. The van der Waals surface area contributed by atoms with E-state index in [1.54, 1.807) is 30.3 Å². The van der Waals surface area contributed by atoms with E-state index < -0.39 is 0 Å². The maximum absolute atomic E-state index is 9.04. The lowest BCUT2D eigenvalue weighted by Gasteiger charge is -2.10. The van der Waals surface area contributed by atoms with Crippen molar-refractivity contribution >= 4 is 46.4 Å². The van der Waals surface area contributed by atoms with Crippen LogP contribution in [0.4, 0.5) is 0 Å². The van der Waals surface area contributed by atoms with Gasteiger partial charge in [0.2, 0.25) is 0 Å². The molecule has 0 bridgehead atoms. The average Bonchev–Trinajstić information content (AvgIpc) is 2.29. The van der Waals surface area contributed by atoms with Gasteiger partial charge in [0.25, 0.3) is 0 Å². The molecular weight excluding hydrogens is 314 g/mol. The number of halogens is 4. The molecule has 5 heteroatoms. The molecule has 0 aliphatic heterocycles. The Kier molecular flexibility index (Phi) is 4.41. The van der Waals surface area contributed by atoms with Crippen LogP contribution < -0.4 is 0 Å². The van der Waals surface area contributed by atoms with Gasteiger partial charge >= 0.3 is 0 Å². The molecule has 0 aliphatic carbocycles. The standard InChI is InChI=1S/C13H8Cl4O/c14-8-4-11(16)13(12(17)5-8)9-2-1-7(6-18)3-10(9)15/h1-5,18H,6H2. The summed E-state index contributed by atoms with van der Waals surface area (Å²) < 4.78 is 0. The van der Waals surface area contributed by atoms with Gasteiger partial charge in [-0.25, -0.2) is 0 Å². The van der Waals surface area contributed by atoms with Crippen molar-refractivity contribution in [1.29, 1.82) is 0 Å². The van der Waals surface area contributed by atoms with E-state index in [1.165, 1.54) is 0 Å². The highest BCUT2D eigenvalue weighted by molar-refractivity contribution is 6.43. The van der Waals surface area contributed by atoms with Crippen molar-refractivity contribution in [2.24, 2.45) is 0 Å². The molecule has 0 saturated carbocycles. The number of aliphatic hydroxyl groups is 1. The van der Waals surface area contributed by atoms with E-state index in [2.05, 4.69) is 0 Å². The largest absolute Gasteiger partial charge is 0.392 e. The highest BCUT2D eigenvalue weighted by Gasteiger charge is 2.13. The van der Waals surface area contributed by atoms with Crippen molar-refractivity contribution < 1.29 is 5.11 Å². The van der Waals surface area contributed by atoms with Gasteiger partial charge in [-0.15, -0.1) is 0 Å². The van der Waals surface area contributed by atoms with E-state index in [0.29, 0.717) is 31.2 Å². The van der Waals surface area contributed by atoms with E-state index in [0.717, 1.165) is 5.56 Å². The smallest absolute Gasteiger partial charge is 0.0682 e. The molecule has 0 unspecified atom stereocenters. The Hall–Kier alpha value is -0.440. The predicted octanol–water partition coefficient (Wildman–Crippen LogP) is 5.46. The number of hydrogen-bond donors (Lipinski definition) is 1. The van der Waals surface area contributed by atoms with Crippen LogP contribution in [0.3, 0.4) is 0 Å². The summed E-state index contributed by atoms with van der Waals surface area (Å²) in [5, 5.41) is 10.9. The minimum absolute atomic E-state index is 0.0674. The third-order valence-electron chi connectivity index (χ3n) is 2.49. The van der Waals surface area contributed by atoms with Crippen molar-refractivity contribution in [1.82, 2.24) is 0 Å². The molecule has 18 heavy (non-hydrogen) atoms. The summed E-state index contributed by atoms with van der Waals surface area (Å²) in [4.78, 5) is 0. The summed E-state index contributed by atoms with van der Waals surface area (Å²) in [6, 6.07) is 8.44. The summed E-state index contributed by atoms with van der Waals surface area (Å²) in [7, 11) is 0. The zero-order valence-electron chi connectivity index (χ0n) is 9.05. The zero-order valence-corrected chi connectivity index (χ0v) is 12.1. The number of hydrogen-bond acceptors (Lipinski definition) is 1. The Bertz CT molecular complexity index is 573. The topological polar surface area (TPSA) is 20.2 Å². The highest BCUT2D eigenvalue weighted by Crippen LogP contribution is 2.40. The molecular formula is C13H8Cl4O. The highest BCUT2D eigenvalue weighted by atomic mass is 35.5. The first-order valence-electron chi connectivity index (χ1n) is 5.07. The summed E-state index contributed by atoms with van der Waals surface area (Å²) in [6.07, 6.45) is 0. The van der Waals surface area contributed by atoms with Gasteiger partial charge in [0.1, 0.15) is 0 Å². The van der Waals surface area contributed by atoms with Crippen molar-refractivity contribution in [2.45, 2.75) is 6.61 Å². The van der Waals surface area contributed by atoms with Crippen LogP contribution in [0.5, 0.6) is 0 Å². The van der Waals surface area contributed by atoms with Gasteiger partial charge in [0.05, 0.1) is 16.7 Å². The number of rotatable bonds is 2. The summed E-state index contributed by atoms with van der Waals surface area (Å²) in [5.41, 5.74) is 2.07. The Balaban J connectivity index is 2.62. The maximum atomic E-state index is 9.04. The quantitative estimate of drug-likeness (QED) is 0.778. The van der Waals surface area contributed by atoms with E-state index in [1.807, 2.05) is 0 Å². The van der Waals surface area contributed by atoms with Crippen molar-refractivity contribution in [3.63, 3.8) is 0 Å². The van der Waals surface area contributed by atoms with Crippen LogP contribution >= 0.6 is 46.4 Å². The van der Waals surface area contributed by atoms with E-state index in [9.17, 15) is 0 Å². The van der Waals surface area contributed by atoms with Crippen LogP contribution in [0.1, 0.15) is 5.56 Å². The molecule has 2 rings (SSSR count). The molecule has 0 spiro atoms. The Labute approximate surface area is 125 Å². The number of aliphatic hydroxyl groups excluding tert-OH is 1. The fourth-order valence-corrected chi connectivity index (χ4v) is 2.98. The van der Waals surface area contributed by atoms with Gasteiger partial charge in [0.15, 0.2) is 0 Å². The third-order valence-corrected chi connectivity index (χ3v) is 3.62. The summed E-state index contributed by atoms with van der Waals surface area (Å²) in [6.45, 7) is -0.0674. The molecule has 1 N–H and O–H groups in total. The monoisotopic (exact) mass is 320 g/mol. The SMILES string of the molecule is OCc1ccc(-c2c(Cl)cc(Cl)cc2Cl)c(Cl)c1. The lowest BCUT2D eigenvalue weighted by Crippen LogP contribution is -1.87. The Morgan fingerprint density at radius 2 is 1.44 bits per heavy atom. The molecule has 2 aromatic rings. The van der Waals surface area contributed by atoms with Crippen molar-refractivity contribution in [3.8, 4) is 11.1 Å². The molecule has 94 valence electrons. The van der Waals surface area contributed by atoms with Crippen LogP contribution in [-0.4, -0.2) is 5.11 Å². The van der Waals surface area contributed by atoms with Crippen LogP contribution in [0.15, 0.2) is 30.3 Å². The molecule has 0 aliphatic rings. The molecule has 1 nitrogen and oxygen atoms in total. The fraction of sp³-hybridized carbons (Fsp3) is 0.0769. The minimum atomic E-state index is -0.0674. The average molecular weight is 322 g/mol. The lowest BCUT2D eigenvalue weighted by atomic mass is 10.0. The van der Waals surface area contributed by atoms with Crippen molar-refractivity contribution in [2.75, 3.05) is 0 Å². The zero-order chi connectivity index (χ0) is 13.3. The summed E-state index contributed by atoms with van der Waals surface area (Å²) >= 11 is 24.3. The van der Waals surface area contributed by atoms with Crippen LogP contribution in [0, 0.1) is 0 Å². The Morgan fingerprint density at radius 1 is 0.833 bits per heavy atom. The fourth-order valence-electron chi connectivity index (χ4n) is 1.66. The predicted molar refractivity (Wildman–Crippen MR) is 77.8 cm³/mol. The van der Waals surface area contributed by atoms with Gasteiger partial charge < -0.3 is 5.11 Å². The van der Waals surface area contributed by atoms with E-state index >= 15 is 0 Å². The van der Waals surface area contributed by atoms with Crippen LogP contribution in [-0.2, 0) is 6.61 Å². The maximum Gasteiger partial charge on any atom is 0.0682 e. The van der Waals surface area contributed by atoms with Crippen LogP contribution in [0.25, 0.3) is 11.1 Å². The first-order chi connectivity index (χ1) is 8.52. The molecule has 0 heterocycles. The summed E-state index contributed by atoms with van der Waals surface area (Å²) in [5.74, 6) is 0. The van der Waals surface area contributed by atoms with Gasteiger partial charge in [-0.1, -0.05) is 58.5 Å². The molecule has 0 fully saturated rings. The van der Waals surface area contributed by atoms with Gasteiger partial charge in [-0.05, 0) is 23.8 Å². The van der Waals surface area contributed by atoms with E-state index in [4.69, 9.17) is 51.5 Å². The molecule has 0 saturated heterocycles. The minimum Gasteiger partial charge on any atom is -0.392 e. The molecule has 0 amide bonds. The van der Waals surface area contributed by atoms with E-state index in [-0.39, 0.29) is 6.61 Å². The normalized spacial score (nSPS) is 10.7. The third kappa shape index (κ3) is 2.76. The van der Waals surface area contributed by atoms with Crippen molar-refractivity contribution in [3.05, 3.63) is 56.0 Å². The van der Waals surface area contributed by atoms with Gasteiger partial charge in [-0.2, -0.15) is 0 Å². The van der Waals surface area contributed by atoms with Gasteiger partial charge in [0, 0.05) is 21.2 Å². The second-order valence-corrected chi connectivity index (χ2v) is 5.37. The second-order valence-electron chi connectivity index (χ2n) is 3.72. The Morgan fingerprint density at radius 3 is 1.94 bits per heavy atom.